The fraction of sp³-hybridized carbons (Fsp3) is 0.250. The molecule has 1 unspecified atom stereocenters. The summed E-state index contributed by atoms with van der Waals surface area (Å²) < 4.78 is 11.2. The molecular weight excluding hydrogens is 302 g/mol. The summed E-state index contributed by atoms with van der Waals surface area (Å²) in [7, 11) is 0. The number of aryl methyl sites for hydroxylation is 1. The number of nitrogens with zero attached hydrogens (tertiary/aromatic N) is 2. The van der Waals surface area contributed by atoms with Crippen LogP contribution >= 0.6 is 11.6 Å². The van der Waals surface area contributed by atoms with Gasteiger partial charge in [0.15, 0.2) is 0 Å². The minimum atomic E-state index is 0.0650. The average molecular weight is 318 g/mol. The van der Waals surface area contributed by atoms with E-state index in [1.54, 1.807) is 12.1 Å². The van der Waals surface area contributed by atoms with Gasteiger partial charge in [0.05, 0.1) is 12.6 Å². The van der Waals surface area contributed by atoms with Crippen molar-refractivity contribution in [3.05, 3.63) is 58.8 Å². The Kier molecular flexibility index (Phi) is 4.27. The van der Waals surface area contributed by atoms with Crippen LogP contribution in [0.25, 0.3) is 11.5 Å². The monoisotopic (exact) mass is 317 g/mol. The van der Waals surface area contributed by atoms with Gasteiger partial charge in [0.2, 0.25) is 11.8 Å². The molecular formula is C16H16ClN3O2. The molecule has 0 saturated heterocycles. The van der Waals surface area contributed by atoms with Gasteiger partial charge in [-0.05, 0) is 44.2 Å². The van der Waals surface area contributed by atoms with Crippen molar-refractivity contribution in [3.8, 4) is 11.5 Å². The second kappa shape index (κ2) is 6.34. The summed E-state index contributed by atoms with van der Waals surface area (Å²) in [5, 5.41) is 12.0. The van der Waals surface area contributed by atoms with E-state index < -0.39 is 0 Å². The van der Waals surface area contributed by atoms with E-state index in [1.807, 2.05) is 38.1 Å². The van der Waals surface area contributed by atoms with Crippen LogP contribution in [-0.2, 0) is 6.54 Å². The molecule has 1 N–H and O–H groups in total. The van der Waals surface area contributed by atoms with Crippen molar-refractivity contribution in [2.45, 2.75) is 26.4 Å². The first kappa shape index (κ1) is 14.8. The lowest BCUT2D eigenvalue weighted by Crippen LogP contribution is -2.17. The van der Waals surface area contributed by atoms with Crippen molar-refractivity contribution in [2.75, 3.05) is 0 Å². The molecule has 0 spiro atoms. The normalized spacial score (nSPS) is 12.5. The van der Waals surface area contributed by atoms with E-state index in [4.69, 9.17) is 20.4 Å². The van der Waals surface area contributed by atoms with Crippen LogP contribution in [0.15, 0.2) is 45.2 Å². The van der Waals surface area contributed by atoms with Crippen molar-refractivity contribution >= 4 is 11.6 Å². The average Bonchev–Trinajstić information content (AvgIpc) is 3.14. The molecule has 114 valence electrons. The smallest absolute Gasteiger partial charge is 0.247 e. The third-order valence-corrected chi connectivity index (χ3v) is 3.52. The summed E-state index contributed by atoms with van der Waals surface area (Å²) >= 11 is 5.96. The van der Waals surface area contributed by atoms with E-state index in [9.17, 15) is 0 Å². The Labute approximate surface area is 133 Å². The summed E-state index contributed by atoms with van der Waals surface area (Å²) in [6, 6.07) is 11.3. The molecule has 0 aliphatic rings. The standard InChI is InChI=1S/C16H16ClN3O2/c1-10-6-7-14(21-10)11(2)18-9-15-19-20-16(22-15)12-4-3-5-13(17)8-12/h3-8,11,18H,9H2,1-2H3. The maximum absolute atomic E-state index is 5.96. The molecule has 3 aromatic rings. The molecule has 2 aromatic heterocycles. The first-order chi connectivity index (χ1) is 10.6. The summed E-state index contributed by atoms with van der Waals surface area (Å²) in [5.74, 6) is 2.75. The molecule has 0 saturated carbocycles. The van der Waals surface area contributed by atoms with Crippen LogP contribution < -0.4 is 5.32 Å². The van der Waals surface area contributed by atoms with Crippen molar-refractivity contribution in [1.29, 1.82) is 0 Å². The van der Waals surface area contributed by atoms with Crippen LogP contribution in [0.2, 0.25) is 5.02 Å². The second-order valence-corrected chi connectivity index (χ2v) is 5.50. The van der Waals surface area contributed by atoms with E-state index in [0.717, 1.165) is 17.1 Å². The summed E-state index contributed by atoms with van der Waals surface area (Å²) in [6.45, 7) is 4.41. The quantitative estimate of drug-likeness (QED) is 0.766. The van der Waals surface area contributed by atoms with Gasteiger partial charge in [-0.2, -0.15) is 0 Å². The number of rotatable bonds is 5. The maximum Gasteiger partial charge on any atom is 0.247 e. The SMILES string of the molecule is Cc1ccc(C(C)NCc2nnc(-c3cccc(Cl)c3)o2)o1. The Hall–Kier alpha value is -2.11. The third-order valence-electron chi connectivity index (χ3n) is 3.29. The van der Waals surface area contributed by atoms with Gasteiger partial charge in [0, 0.05) is 10.6 Å². The summed E-state index contributed by atoms with van der Waals surface area (Å²) in [5.41, 5.74) is 0.806. The van der Waals surface area contributed by atoms with E-state index in [0.29, 0.717) is 23.3 Å². The van der Waals surface area contributed by atoms with Gasteiger partial charge in [-0.3, -0.25) is 5.32 Å². The minimum Gasteiger partial charge on any atom is -0.465 e. The van der Waals surface area contributed by atoms with Crippen molar-refractivity contribution in [3.63, 3.8) is 0 Å². The molecule has 2 heterocycles. The molecule has 0 bridgehead atoms. The predicted octanol–water partition coefficient (Wildman–Crippen LogP) is 4.14. The molecule has 0 aliphatic heterocycles. The highest BCUT2D eigenvalue weighted by atomic mass is 35.5. The van der Waals surface area contributed by atoms with Gasteiger partial charge >= 0.3 is 0 Å². The Morgan fingerprint density at radius 2 is 2.05 bits per heavy atom. The number of hydrogen-bond donors (Lipinski definition) is 1. The van der Waals surface area contributed by atoms with Gasteiger partial charge in [-0.15, -0.1) is 10.2 Å². The van der Waals surface area contributed by atoms with Crippen LogP contribution in [0.4, 0.5) is 0 Å². The van der Waals surface area contributed by atoms with Crippen LogP contribution in [0, 0.1) is 6.92 Å². The first-order valence-electron chi connectivity index (χ1n) is 7.00. The molecule has 0 amide bonds. The Bertz CT molecular complexity index is 766. The lowest BCUT2D eigenvalue weighted by molar-refractivity contribution is 0.394. The molecule has 0 fully saturated rings. The van der Waals surface area contributed by atoms with Gasteiger partial charge in [-0.25, -0.2) is 0 Å². The fourth-order valence-electron chi connectivity index (χ4n) is 2.09. The lowest BCUT2D eigenvalue weighted by Gasteiger charge is -2.08. The number of halogens is 1. The third kappa shape index (κ3) is 3.37. The number of hydrogen-bond acceptors (Lipinski definition) is 5. The summed E-state index contributed by atoms with van der Waals surface area (Å²) in [6.07, 6.45) is 0. The highest BCUT2D eigenvalue weighted by Crippen LogP contribution is 2.22. The molecule has 6 heteroatoms. The zero-order chi connectivity index (χ0) is 15.5. The second-order valence-electron chi connectivity index (χ2n) is 5.06. The Morgan fingerprint density at radius 1 is 1.18 bits per heavy atom. The molecule has 3 rings (SSSR count). The molecule has 22 heavy (non-hydrogen) atoms. The highest BCUT2D eigenvalue weighted by Gasteiger charge is 2.12. The van der Waals surface area contributed by atoms with E-state index in [2.05, 4.69) is 15.5 Å². The lowest BCUT2D eigenvalue weighted by atomic mass is 10.2. The molecule has 0 radical (unpaired) electrons. The van der Waals surface area contributed by atoms with Gasteiger partial charge in [-0.1, -0.05) is 17.7 Å². The largest absolute Gasteiger partial charge is 0.465 e. The van der Waals surface area contributed by atoms with Crippen molar-refractivity contribution in [2.24, 2.45) is 0 Å². The Balaban J connectivity index is 1.65. The van der Waals surface area contributed by atoms with Crippen molar-refractivity contribution in [1.82, 2.24) is 15.5 Å². The minimum absolute atomic E-state index is 0.0650. The van der Waals surface area contributed by atoms with E-state index in [-0.39, 0.29) is 6.04 Å². The van der Waals surface area contributed by atoms with Gasteiger partial charge in [0.1, 0.15) is 11.5 Å². The zero-order valence-corrected chi connectivity index (χ0v) is 13.1. The molecule has 1 atom stereocenters. The number of benzene rings is 1. The molecule has 5 nitrogen and oxygen atoms in total. The maximum atomic E-state index is 5.96. The first-order valence-corrected chi connectivity index (χ1v) is 7.37. The predicted molar refractivity (Wildman–Crippen MR) is 83.4 cm³/mol. The van der Waals surface area contributed by atoms with Crippen LogP contribution in [0.1, 0.15) is 30.4 Å². The van der Waals surface area contributed by atoms with Crippen LogP contribution in [-0.4, -0.2) is 10.2 Å². The number of aromatic nitrogens is 2. The molecule has 1 aromatic carbocycles. The molecule has 0 aliphatic carbocycles. The summed E-state index contributed by atoms with van der Waals surface area (Å²) in [4.78, 5) is 0. The van der Waals surface area contributed by atoms with Gasteiger partial charge < -0.3 is 8.83 Å². The van der Waals surface area contributed by atoms with E-state index in [1.165, 1.54) is 0 Å². The fourth-order valence-corrected chi connectivity index (χ4v) is 2.28. The van der Waals surface area contributed by atoms with Crippen molar-refractivity contribution < 1.29 is 8.83 Å². The highest BCUT2D eigenvalue weighted by molar-refractivity contribution is 6.30. The Morgan fingerprint density at radius 3 is 2.77 bits per heavy atom. The van der Waals surface area contributed by atoms with Crippen LogP contribution in [0.3, 0.4) is 0 Å². The van der Waals surface area contributed by atoms with Crippen LogP contribution in [0.5, 0.6) is 0 Å². The zero-order valence-electron chi connectivity index (χ0n) is 12.3. The number of nitrogens with one attached hydrogen (secondary N) is 1. The van der Waals surface area contributed by atoms with Gasteiger partial charge in [0.25, 0.3) is 0 Å². The number of furan rings is 1. The topological polar surface area (TPSA) is 64.1 Å². The van der Waals surface area contributed by atoms with E-state index >= 15 is 0 Å².